The summed E-state index contributed by atoms with van der Waals surface area (Å²) in [5.41, 5.74) is 0. The molecule has 3 nitrogen and oxygen atoms in total. The van der Waals surface area contributed by atoms with Crippen LogP contribution in [0.25, 0.3) is 0 Å². The number of carbonyl (C=O) groups excluding carboxylic acids is 1. The number of nitrogens with zero attached hydrogens (tertiary/aromatic N) is 1. The van der Waals surface area contributed by atoms with E-state index in [-0.39, 0.29) is 12.0 Å². The summed E-state index contributed by atoms with van der Waals surface area (Å²) < 4.78 is 5.14. The zero-order valence-electron chi connectivity index (χ0n) is 15.2. The molecule has 1 heterocycles. The van der Waals surface area contributed by atoms with Crippen molar-refractivity contribution < 1.29 is 9.53 Å². The molecule has 0 aromatic heterocycles. The van der Waals surface area contributed by atoms with Crippen LogP contribution in [0, 0.1) is 0 Å². The van der Waals surface area contributed by atoms with Gasteiger partial charge >= 0.3 is 0 Å². The van der Waals surface area contributed by atoms with E-state index in [0.29, 0.717) is 0 Å². The molecule has 3 heteroatoms. The van der Waals surface area contributed by atoms with Gasteiger partial charge in [0.05, 0.1) is 0 Å². The van der Waals surface area contributed by atoms with Gasteiger partial charge in [-0.3, -0.25) is 4.79 Å². The molecule has 0 fully saturated rings. The van der Waals surface area contributed by atoms with Gasteiger partial charge in [0.25, 0.3) is 5.91 Å². The fourth-order valence-electron chi connectivity index (χ4n) is 3.19. The van der Waals surface area contributed by atoms with Crippen molar-refractivity contribution in [2.24, 2.45) is 4.99 Å². The van der Waals surface area contributed by atoms with Gasteiger partial charge in [-0.05, 0) is 12.8 Å². The molecule has 1 atom stereocenters. The Morgan fingerprint density at radius 3 is 1.61 bits per heavy atom. The second kappa shape index (κ2) is 14.7. The summed E-state index contributed by atoms with van der Waals surface area (Å²) in [6.07, 6.45) is 22.3. The van der Waals surface area contributed by atoms with Crippen LogP contribution < -0.4 is 0 Å². The summed E-state index contributed by atoms with van der Waals surface area (Å²) in [6, 6.07) is 0. The molecule has 1 unspecified atom stereocenters. The average molecular weight is 324 g/mol. The summed E-state index contributed by atoms with van der Waals surface area (Å²) in [5.74, 6) is -0.102. The molecule has 0 saturated heterocycles. The van der Waals surface area contributed by atoms with Crippen LogP contribution in [0.1, 0.15) is 110 Å². The standard InChI is InChI=1S/C20H37NO2/c1-2-3-4-5-6-7-8-9-10-11-12-13-14-15-16-17-19-20(22)21-18-23-19/h18-19H,2-17H2,1H3. The molecule has 134 valence electrons. The van der Waals surface area contributed by atoms with Gasteiger partial charge < -0.3 is 4.74 Å². The number of amides is 1. The van der Waals surface area contributed by atoms with Gasteiger partial charge in [0.1, 0.15) is 0 Å². The van der Waals surface area contributed by atoms with Crippen molar-refractivity contribution in [2.75, 3.05) is 0 Å². The lowest BCUT2D eigenvalue weighted by atomic mass is 10.0. The van der Waals surface area contributed by atoms with Gasteiger partial charge in [-0.1, -0.05) is 96.8 Å². The van der Waals surface area contributed by atoms with Crippen molar-refractivity contribution in [3.05, 3.63) is 0 Å². The summed E-state index contributed by atoms with van der Waals surface area (Å²) >= 11 is 0. The van der Waals surface area contributed by atoms with E-state index in [9.17, 15) is 4.79 Å². The Kier molecular flexibility index (Phi) is 12.9. The summed E-state index contributed by atoms with van der Waals surface area (Å²) in [6.45, 7) is 2.28. The Labute approximate surface area is 143 Å². The molecule has 0 N–H and O–H groups in total. The number of hydrogen-bond donors (Lipinski definition) is 0. The lowest BCUT2D eigenvalue weighted by Gasteiger charge is -2.06. The second-order valence-electron chi connectivity index (χ2n) is 6.94. The van der Waals surface area contributed by atoms with E-state index < -0.39 is 0 Å². The Balaban J connectivity index is 1.69. The molecule has 23 heavy (non-hydrogen) atoms. The zero-order chi connectivity index (χ0) is 16.6. The fourth-order valence-corrected chi connectivity index (χ4v) is 3.19. The molecular weight excluding hydrogens is 286 g/mol. The van der Waals surface area contributed by atoms with Gasteiger partial charge in [0, 0.05) is 0 Å². The van der Waals surface area contributed by atoms with E-state index in [1.54, 1.807) is 0 Å². The van der Waals surface area contributed by atoms with E-state index in [2.05, 4.69) is 11.9 Å². The van der Waals surface area contributed by atoms with Crippen LogP contribution in [0.3, 0.4) is 0 Å². The number of ether oxygens (including phenoxy) is 1. The number of aliphatic imine (C=N–C) groups is 1. The van der Waals surface area contributed by atoms with Crippen molar-refractivity contribution in [1.29, 1.82) is 0 Å². The molecule has 1 aliphatic heterocycles. The largest absolute Gasteiger partial charge is 0.470 e. The summed E-state index contributed by atoms with van der Waals surface area (Å²) in [7, 11) is 0. The third-order valence-electron chi connectivity index (χ3n) is 4.75. The predicted molar refractivity (Wildman–Crippen MR) is 97.9 cm³/mol. The lowest BCUT2D eigenvalue weighted by molar-refractivity contribution is -0.122. The Morgan fingerprint density at radius 1 is 0.783 bits per heavy atom. The minimum absolute atomic E-state index is 0.102. The van der Waals surface area contributed by atoms with E-state index >= 15 is 0 Å². The van der Waals surface area contributed by atoms with Crippen molar-refractivity contribution in [1.82, 2.24) is 0 Å². The van der Waals surface area contributed by atoms with Crippen molar-refractivity contribution in [2.45, 2.75) is 116 Å². The van der Waals surface area contributed by atoms with Crippen LogP contribution in [0.15, 0.2) is 4.99 Å². The number of rotatable bonds is 16. The van der Waals surface area contributed by atoms with Crippen LogP contribution in [0.2, 0.25) is 0 Å². The third-order valence-corrected chi connectivity index (χ3v) is 4.75. The maximum absolute atomic E-state index is 11.2. The minimum Gasteiger partial charge on any atom is -0.470 e. The number of unbranched alkanes of at least 4 members (excludes halogenated alkanes) is 14. The molecular formula is C20H37NO2. The zero-order valence-corrected chi connectivity index (χ0v) is 15.2. The Morgan fingerprint density at radius 2 is 1.22 bits per heavy atom. The predicted octanol–water partition coefficient (Wildman–Crippen LogP) is 6.20. The summed E-state index contributed by atoms with van der Waals surface area (Å²) in [4.78, 5) is 14.9. The van der Waals surface area contributed by atoms with Gasteiger partial charge in [0.15, 0.2) is 12.5 Å². The van der Waals surface area contributed by atoms with E-state index in [1.807, 2.05) is 0 Å². The SMILES string of the molecule is CCCCCCCCCCCCCCCCCC1OC=NC1=O. The average Bonchev–Trinajstić information content (AvgIpc) is 2.96. The number of carbonyl (C=O) groups is 1. The maximum atomic E-state index is 11.2. The minimum atomic E-state index is -0.281. The van der Waals surface area contributed by atoms with Gasteiger partial charge in [-0.25, -0.2) is 0 Å². The van der Waals surface area contributed by atoms with Crippen molar-refractivity contribution >= 4 is 12.3 Å². The van der Waals surface area contributed by atoms with Crippen LogP contribution in [-0.2, 0) is 9.53 Å². The van der Waals surface area contributed by atoms with Gasteiger partial charge in [-0.15, -0.1) is 0 Å². The highest BCUT2D eigenvalue weighted by atomic mass is 16.5. The molecule has 1 amide bonds. The molecule has 1 rings (SSSR count). The molecule has 0 saturated carbocycles. The van der Waals surface area contributed by atoms with E-state index in [1.165, 1.54) is 96.3 Å². The third kappa shape index (κ3) is 11.3. The molecule has 0 aromatic carbocycles. The first kappa shape index (κ1) is 20.2. The van der Waals surface area contributed by atoms with Crippen LogP contribution >= 0.6 is 0 Å². The smallest absolute Gasteiger partial charge is 0.289 e. The molecule has 0 radical (unpaired) electrons. The first-order valence-electron chi connectivity index (χ1n) is 10.1. The van der Waals surface area contributed by atoms with Crippen LogP contribution in [0.4, 0.5) is 0 Å². The van der Waals surface area contributed by atoms with Crippen molar-refractivity contribution in [3.63, 3.8) is 0 Å². The number of hydrogen-bond acceptors (Lipinski definition) is 2. The highest BCUT2D eigenvalue weighted by Gasteiger charge is 2.21. The summed E-state index contributed by atoms with van der Waals surface area (Å²) in [5, 5.41) is 0. The molecule has 0 aliphatic carbocycles. The fraction of sp³-hybridized carbons (Fsp3) is 0.900. The highest BCUT2D eigenvalue weighted by molar-refractivity contribution is 5.91. The Bertz CT molecular complexity index is 315. The second-order valence-corrected chi connectivity index (χ2v) is 6.94. The van der Waals surface area contributed by atoms with Gasteiger partial charge in [-0.2, -0.15) is 4.99 Å². The molecule has 1 aliphatic rings. The lowest BCUT2D eigenvalue weighted by Crippen LogP contribution is -2.15. The maximum Gasteiger partial charge on any atom is 0.289 e. The van der Waals surface area contributed by atoms with E-state index in [4.69, 9.17) is 4.74 Å². The van der Waals surface area contributed by atoms with Crippen LogP contribution in [0.5, 0.6) is 0 Å². The first-order valence-corrected chi connectivity index (χ1v) is 10.1. The monoisotopic (exact) mass is 323 g/mol. The molecule has 0 bridgehead atoms. The molecule has 0 aromatic rings. The first-order chi connectivity index (χ1) is 11.3. The normalized spacial score (nSPS) is 16.9. The Hall–Kier alpha value is -0.860. The van der Waals surface area contributed by atoms with Crippen LogP contribution in [-0.4, -0.2) is 18.4 Å². The van der Waals surface area contributed by atoms with Gasteiger partial charge in [0.2, 0.25) is 0 Å². The van der Waals surface area contributed by atoms with E-state index in [0.717, 1.165) is 12.8 Å². The topological polar surface area (TPSA) is 38.7 Å². The van der Waals surface area contributed by atoms with Crippen molar-refractivity contribution in [3.8, 4) is 0 Å². The molecule has 0 spiro atoms. The highest BCUT2D eigenvalue weighted by Crippen LogP contribution is 2.15. The quantitative estimate of drug-likeness (QED) is 0.317.